The molecule has 2 heterocycles. The van der Waals surface area contributed by atoms with E-state index in [1.807, 2.05) is 18.2 Å². The van der Waals surface area contributed by atoms with E-state index in [2.05, 4.69) is 17.0 Å². The summed E-state index contributed by atoms with van der Waals surface area (Å²) in [7, 11) is 0. The third kappa shape index (κ3) is 6.00. The molecule has 3 atom stereocenters. The van der Waals surface area contributed by atoms with Crippen LogP contribution in [0.15, 0.2) is 66.7 Å². The Morgan fingerprint density at radius 2 is 1.51 bits per heavy atom. The third-order valence-corrected chi connectivity index (χ3v) is 6.94. The van der Waals surface area contributed by atoms with Crippen molar-refractivity contribution in [1.82, 2.24) is 4.90 Å². The second-order valence-electron chi connectivity index (χ2n) is 9.55. The average Bonchev–Trinajstić information content (AvgIpc) is 2.87. The predicted molar refractivity (Wildman–Crippen MR) is 131 cm³/mol. The smallest absolute Gasteiger partial charge is 0.126 e. The molecular weight excluding hydrogens is 448 g/mol. The molecule has 0 fully saturated rings. The van der Waals surface area contributed by atoms with Gasteiger partial charge in [0, 0.05) is 19.6 Å². The molecule has 0 aromatic heterocycles. The number of halogens is 2. The van der Waals surface area contributed by atoms with E-state index in [-0.39, 0.29) is 23.8 Å². The number of nitrogens with zero attached hydrogens (tertiary/aromatic N) is 1. The molecule has 1 N–H and O–H groups in total. The molecule has 3 aromatic carbocycles. The lowest BCUT2D eigenvalue weighted by Gasteiger charge is -2.34. The van der Waals surface area contributed by atoms with Crippen LogP contribution in [0.1, 0.15) is 36.0 Å². The fraction of sp³-hybridized carbons (Fsp3) is 0.379. The fourth-order valence-corrected chi connectivity index (χ4v) is 5.05. The highest BCUT2D eigenvalue weighted by atomic mass is 19.1. The predicted octanol–water partition coefficient (Wildman–Crippen LogP) is 5.31. The van der Waals surface area contributed by atoms with E-state index in [9.17, 15) is 13.9 Å². The fourth-order valence-electron chi connectivity index (χ4n) is 5.05. The van der Waals surface area contributed by atoms with Gasteiger partial charge in [-0.15, -0.1) is 0 Å². The van der Waals surface area contributed by atoms with Gasteiger partial charge < -0.3 is 14.6 Å². The van der Waals surface area contributed by atoms with Crippen molar-refractivity contribution in [2.75, 3.05) is 13.1 Å². The maximum Gasteiger partial charge on any atom is 0.126 e. The average molecular weight is 480 g/mol. The first kappa shape index (κ1) is 23.8. The Labute approximate surface area is 205 Å². The van der Waals surface area contributed by atoms with Gasteiger partial charge in [-0.2, -0.15) is 0 Å². The Morgan fingerprint density at radius 3 is 2.23 bits per heavy atom. The zero-order chi connectivity index (χ0) is 24.2. The van der Waals surface area contributed by atoms with Crippen LogP contribution < -0.4 is 9.47 Å². The number of ether oxygens (including phenoxy) is 2. The molecule has 5 rings (SSSR count). The number of hydrogen-bond donors (Lipinski definition) is 1. The van der Waals surface area contributed by atoms with Crippen LogP contribution in [0.3, 0.4) is 0 Å². The third-order valence-electron chi connectivity index (χ3n) is 6.94. The number of fused-ring (bicyclic) bond motifs is 2. The van der Waals surface area contributed by atoms with E-state index >= 15 is 0 Å². The highest BCUT2D eigenvalue weighted by Gasteiger charge is 2.29. The zero-order valence-electron chi connectivity index (χ0n) is 19.7. The first-order chi connectivity index (χ1) is 17.0. The summed E-state index contributed by atoms with van der Waals surface area (Å²) >= 11 is 0. The topological polar surface area (TPSA) is 41.9 Å². The second-order valence-corrected chi connectivity index (χ2v) is 9.55. The van der Waals surface area contributed by atoms with Crippen molar-refractivity contribution in [2.45, 2.75) is 57.0 Å². The van der Waals surface area contributed by atoms with Crippen molar-refractivity contribution in [1.29, 1.82) is 0 Å². The Kier molecular flexibility index (Phi) is 7.30. The summed E-state index contributed by atoms with van der Waals surface area (Å²) < 4.78 is 39.2. The Balaban J connectivity index is 1.22. The van der Waals surface area contributed by atoms with Crippen LogP contribution in [-0.4, -0.2) is 41.4 Å². The molecule has 0 unspecified atom stereocenters. The van der Waals surface area contributed by atoms with Crippen LogP contribution in [0.2, 0.25) is 0 Å². The molecule has 3 aromatic rings. The lowest BCUT2D eigenvalue weighted by molar-refractivity contribution is -0.00205. The SMILES string of the molecule is O[C@H](CN(CC[C@H]1CCc2cc(F)ccc2O1)Cc1ccccc1)[C@@H]1CCc2cc(F)ccc2O1. The minimum atomic E-state index is -0.673. The van der Waals surface area contributed by atoms with Gasteiger partial charge in [0.05, 0.1) is 0 Å². The van der Waals surface area contributed by atoms with Crippen LogP contribution in [-0.2, 0) is 19.4 Å². The Hall–Kier alpha value is -2.96. The maximum atomic E-state index is 13.5. The summed E-state index contributed by atoms with van der Waals surface area (Å²) in [5.41, 5.74) is 2.95. The number of aliphatic hydroxyl groups excluding tert-OH is 1. The summed E-state index contributed by atoms with van der Waals surface area (Å²) in [6.07, 6.45) is 2.83. The number of hydrogen-bond acceptors (Lipinski definition) is 4. The molecule has 2 aliphatic rings. The van der Waals surface area contributed by atoms with E-state index in [0.717, 1.165) is 42.7 Å². The van der Waals surface area contributed by atoms with E-state index < -0.39 is 6.10 Å². The van der Waals surface area contributed by atoms with E-state index in [1.165, 1.54) is 23.8 Å². The molecular formula is C29H31F2NO3. The molecule has 4 nitrogen and oxygen atoms in total. The quantitative estimate of drug-likeness (QED) is 0.476. The van der Waals surface area contributed by atoms with E-state index in [4.69, 9.17) is 9.47 Å². The molecule has 0 saturated carbocycles. The molecule has 0 amide bonds. The van der Waals surface area contributed by atoms with Crippen LogP contribution in [0, 0.1) is 11.6 Å². The van der Waals surface area contributed by atoms with E-state index in [0.29, 0.717) is 31.7 Å². The first-order valence-corrected chi connectivity index (χ1v) is 12.4. The van der Waals surface area contributed by atoms with Gasteiger partial charge in [0.2, 0.25) is 0 Å². The standard InChI is InChI=1S/C29H31F2NO3/c30-23-8-12-27-21(16-23)6-10-25(34-27)14-15-32(18-20-4-2-1-3-5-20)19-26(33)29-11-7-22-17-24(31)9-13-28(22)35-29/h1-5,8-9,12-13,16-17,25-26,29,33H,6-7,10-11,14-15,18-19H2/t25-,26-,29+/m1/s1. The van der Waals surface area contributed by atoms with Crippen molar-refractivity contribution in [3.05, 3.63) is 95.1 Å². The summed E-state index contributed by atoms with van der Waals surface area (Å²) in [5, 5.41) is 11.1. The van der Waals surface area contributed by atoms with Gasteiger partial charge in [0.1, 0.15) is 41.4 Å². The number of aliphatic hydroxyl groups is 1. The second kappa shape index (κ2) is 10.8. The molecule has 0 bridgehead atoms. The molecule has 2 aliphatic heterocycles. The summed E-state index contributed by atoms with van der Waals surface area (Å²) in [4.78, 5) is 2.24. The van der Waals surface area contributed by atoms with Gasteiger partial charge in [-0.25, -0.2) is 8.78 Å². The number of aryl methyl sites for hydroxylation is 2. The van der Waals surface area contributed by atoms with Gasteiger partial charge in [0.15, 0.2) is 0 Å². The van der Waals surface area contributed by atoms with Crippen LogP contribution >= 0.6 is 0 Å². The van der Waals surface area contributed by atoms with Gasteiger partial charge in [-0.3, -0.25) is 4.90 Å². The van der Waals surface area contributed by atoms with E-state index in [1.54, 1.807) is 18.2 Å². The molecule has 0 saturated heterocycles. The molecule has 35 heavy (non-hydrogen) atoms. The molecule has 0 aliphatic carbocycles. The van der Waals surface area contributed by atoms with Gasteiger partial charge in [-0.05, 0) is 85.2 Å². The molecule has 6 heteroatoms. The highest BCUT2D eigenvalue weighted by Crippen LogP contribution is 2.31. The van der Waals surface area contributed by atoms with Crippen molar-refractivity contribution in [3.63, 3.8) is 0 Å². The zero-order valence-corrected chi connectivity index (χ0v) is 19.7. The summed E-state index contributed by atoms with van der Waals surface area (Å²) in [5.74, 6) is 0.926. The minimum Gasteiger partial charge on any atom is -0.490 e. The minimum absolute atomic E-state index is 0.0519. The lowest BCUT2D eigenvalue weighted by Crippen LogP contribution is -2.44. The molecule has 0 radical (unpaired) electrons. The van der Waals surface area contributed by atoms with Gasteiger partial charge in [0.25, 0.3) is 0 Å². The van der Waals surface area contributed by atoms with Crippen molar-refractivity contribution in [3.8, 4) is 11.5 Å². The highest BCUT2D eigenvalue weighted by molar-refractivity contribution is 5.36. The largest absolute Gasteiger partial charge is 0.490 e. The van der Waals surface area contributed by atoms with Gasteiger partial charge >= 0.3 is 0 Å². The summed E-state index contributed by atoms with van der Waals surface area (Å²) in [6, 6.07) is 19.5. The Morgan fingerprint density at radius 1 is 0.857 bits per heavy atom. The first-order valence-electron chi connectivity index (χ1n) is 12.4. The summed E-state index contributed by atoms with van der Waals surface area (Å²) in [6.45, 7) is 1.92. The number of rotatable bonds is 8. The van der Waals surface area contributed by atoms with Crippen LogP contribution in [0.4, 0.5) is 8.78 Å². The Bertz CT molecular complexity index is 1140. The van der Waals surface area contributed by atoms with Crippen LogP contribution in [0.25, 0.3) is 0 Å². The van der Waals surface area contributed by atoms with Gasteiger partial charge in [-0.1, -0.05) is 30.3 Å². The molecule has 0 spiro atoms. The van der Waals surface area contributed by atoms with Crippen molar-refractivity contribution >= 4 is 0 Å². The molecule has 184 valence electrons. The normalized spacial score (nSPS) is 19.9. The van der Waals surface area contributed by atoms with Crippen molar-refractivity contribution < 1.29 is 23.4 Å². The van der Waals surface area contributed by atoms with Crippen LogP contribution in [0.5, 0.6) is 11.5 Å². The maximum absolute atomic E-state index is 13.5. The van der Waals surface area contributed by atoms with Crippen molar-refractivity contribution in [2.24, 2.45) is 0 Å². The lowest BCUT2D eigenvalue weighted by atomic mass is 9.98. The monoisotopic (exact) mass is 479 g/mol. The number of benzene rings is 3.